The molecule has 2 heterocycles. The lowest BCUT2D eigenvalue weighted by atomic mass is 10.1. The Hall–Kier alpha value is -2.26. The van der Waals surface area contributed by atoms with Crippen molar-refractivity contribution in [3.05, 3.63) is 28.4 Å². The summed E-state index contributed by atoms with van der Waals surface area (Å²) in [5, 5.41) is 10.7. The highest BCUT2D eigenvalue weighted by molar-refractivity contribution is 5.82. The molecule has 1 amide bonds. The van der Waals surface area contributed by atoms with Gasteiger partial charge in [0.1, 0.15) is 5.75 Å². The number of phenolic OH excluding ortho intramolecular Hbond substituents is 1. The lowest BCUT2D eigenvalue weighted by molar-refractivity contribution is -0.591. The van der Waals surface area contributed by atoms with Gasteiger partial charge in [-0.2, -0.15) is 0 Å². The average Bonchev–Trinajstić information content (AvgIpc) is 2.82. The fraction of sp³-hybridized carbons (Fsp3) is 0.462. The van der Waals surface area contributed by atoms with Crippen LogP contribution in [0.3, 0.4) is 0 Å². The van der Waals surface area contributed by atoms with Crippen LogP contribution in [0.1, 0.15) is 5.56 Å². The van der Waals surface area contributed by atoms with E-state index in [1.165, 1.54) is 12.1 Å². The van der Waals surface area contributed by atoms with Crippen molar-refractivity contribution in [1.29, 1.82) is 0 Å². The number of nitroso groups, excluding NO2 is 1. The van der Waals surface area contributed by atoms with E-state index in [9.17, 15) is 19.2 Å². The van der Waals surface area contributed by atoms with Crippen molar-refractivity contribution in [3.8, 4) is 5.75 Å². The molecule has 9 heteroatoms. The van der Waals surface area contributed by atoms with Gasteiger partial charge in [0, 0.05) is 25.2 Å². The van der Waals surface area contributed by atoms with Crippen LogP contribution in [0.15, 0.2) is 12.1 Å². The molecular formula is C13H16FN4O4+. The molecule has 0 unspecified atom stereocenters. The quantitative estimate of drug-likeness (QED) is 0.759. The molecule has 2 aliphatic rings. The number of aromatic hydroxyl groups is 1. The normalized spacial score (nSPS) is 19.6. The van der Waals surface area contributed by atoms with Crippen LogP contribution in [-0.2, 0) is 16.1 Å². The van der Waals surface area contributed by atoms with Gasteiger partial charge in [-0.15, -0.1) is 0 Å². The van der Waals surface area contributed by atoms with Crippen LogP contribution in [0.25, 0.3) is 0 Å². The zero-order valence-electron chi connectivity index (χ0n) is 11.8. The summed E-state index contributed by atoms with van der Waals surface area (Å²) >= 11 is 0. The van der Waals surface area contributed by atoms with Crippen molar-refractivity contribution in [3.63, 3.8) is 0 Å². The molecule has 0 atom stereocenters. The fourth-order valence-corrected chi connectivity index (χ4v) is 2.54. The maximum atomic E-state index is 14.7. The number of hydrogen-bond donors (Lipinski definition) is 2. The van der Waals surface area contributed by atoms with E-state index >= 15 is 0 Å². The third kappa shape index (κ3) is 2.72. The lowest BCUT2D eigenvalue weighted by Crippen LogP contribution is -2.36. The number of carbonyl (C=O) groups is 1. The van der Waals surface area contributed by atoms with E-state index in [0.29, 0.717) is 38.4 Å². The van der Waals surface area contributed by atoms with E-state index < -0.39 is 11.7 Å². The Morgan fingerprint density at radius 2 is 2.09 bits per heavy atom. The topological polar surface area (TPSA) is 85.1 Å². The van der Waals surface area contributed by atoms with Gasteiger partial charge in [-0.05, 0) is 6.07 Å². The highest BCUT2D eigenvalue weighted by atomic mass is 19.1. The van der Waals surface area contributed by atoms with Crippen LogP contribution in [0, 0.1) is 10.7 Å². The van der Waals surface area contributed by atoms with Crippen LogP contribution in [-0.4, -0.2) is 53.7 Å². The standard InChI is InChI=1S/C13H15FN4O4/c14-12-9(7-16-3-5-22-6-4-16)1-2-10(19)13(12)17-8-11(20)15-18(17)21/h1-2H,3-8H2,(H-,15,19,20,21)/p+1. The second-order valence-electron chi connectivity index (χ2n) is 5.16. The van der Waals surface area contributed by atoms with Crippen LogP contribution in [0.5, 0.6) is 5.75 Å². The summed E-state index contributed by atoms with van der Waals surface area (Å²) < 4.78 is 19.9. The van der Waals surface area contributed by atoms with E-state index in [2.05, 4.69) is 0 Å². The van der Waals surface area contributed by atoms with Crippen molar-refractivity contribution < 1.29 is 24.0 Å². The first-order valence-electron chi connectivity index (χ1n) is 6.91. The van der Waals surface area contributed by atoms with Gasteiger partial charge < -0.3 is 9.84 Å². The highest BCUT2D eigenvalue weighted by Gasteiger charge is 2.40. The number of morpholine rings is 1. The molecular weight excluding hydrogens is 295 g/mol. The predicted octanol–water partition coefficient (Wildman–Crippen LogP) is -0.0914. The number of halogens is 1. The minimum Gasteiger partial charge on any atom is -0.505 e. The van der Waals surface area contributed by atoms with Gasteiger partial charge in [-0.1, -0.05) is 16.5 Å². The Bertz CT molecular complexity index is 618. The molecule has 0 aliphatic carbocycles. The number of nitrogens with one attached hydrogen (secondary N) is 1. The first-order valence-corrected chi connectivity index (χ1v) is 6.91. The maximum absolute atomic E-state index is 14.7. The number of anilines is 1. The van der Waals surface area contributed by atoms with Gasteiger partial charge >= 0.3 is 5.91 Å². The summed E-state index contributed by atoms with van der Waals surface area (Å²) in [5.41, 5.74) is 2.04. The molecule has 2 aliphatic heterocycles. The summed E-state index contributed by atoms with van der Waals surface area (Å²) in [7, 11) is 0. The van der Waals surface area contributed by atoms with Crippen LogP contribution >= 0.6 is 0 Å². The number of hydrazine groups is 2. The minimum absolute atomic E-state index is 0.124. The predicted molar refractivity (Wildman–Crippen MR) is 73.3 cm³/mol. The van der Waals surface area contributed by atoms with E-state index in [1.807, 2.05) is 10.3 Å². The largest absolute Gasteiger partial charge is 0.505 e. The third-order valence-electron chi connectivity index (χ3n) is 3.66. The van der Waals surface area contributed by atoms with Gasteiger partial charge in [-0.25, -0.2) is 4.39 Å². The molecule has 1 aromatic rings. The second kappa shape index (κ2) is 5.85. The van der Waals surface area contributed by atoms with E-state index in [0.717, 1.165) is 5.01 Å². The molecule has 118 valence electrons. The number of benzene rings is 1. The van der Waals surface area contributed by atoms with Crippen molar-refractivity contribution in [2.45, 2.75) is 6.54 Å². The van der Waals surface area contributed by atoms with Gasteiger partial charge in [0.25, 0.3) is 4.98 Å². The van der Waals surface area contributed by atoms with Crippen molar-refractivity contribution in [1.82, 2.24) is 10.3 Å². The Morgan fingerprint density at radius 3 is 2.73 bits per heavy atom. The fourth-order valence-electron chi connectivity index (χ4n) is 2.54. The Kier molecular flexibility index (Phi) is 3.90. The monoisotopic (exact) mass is 311 g/mol. The molecule has 0 aromatic heterocycles. The Balaban J connectivity index is 1.88. The molecule has 2 fully saturated rings. The molecule has 3 rings (SSSR count). The molecule has 1 aromatic carbocycles. The molecule has 2 N–H and O–H groups in total. The molecule has 22 heavy (non-hydrogen) atoms. The Labute approximate surface area is 125 Å². The smallest absolute Gasteiger partial charge is 0.307 e. The average molecular weight is 311 g/mol. The highest BCUT2D eigenvalue weighted by Crippen LogP contribution is 2.33. The molecule has 0 saturated carbocycles. The summed E-state index contributed by atoms with van der Waals surface area (Å²) in [5.74, 6) is -1.66. The van der Waals surface area contributed by atoms with Crippen LogP contribution in [0.2, 0.25) is 0 Å². The van der Waals surface area contributed by atoms with Gasteiger partial charge in [-0.3, -0.25) is 9.69 Å². The number of phenols is 1. The van der Waals surface area contributed by atoms with Crippen LogP contribution < -0.4 is 10.4 Å². The number of nitrogens with zero attached hydrogens (tertiary/aromatic N) is 3. The van der Waals surface area contributed by atoms with Gasteiger partial charge in [0.2, 0.25) is 0 Å². The Morgan fingerprint density at radius 1 is 1.36 bits per heavy atom. The van der Waals surface area contributed by atoms with Crippen LogP contribution in [0.4, 0.5) is 10.1 Å². The zero-order chi connectivity index (χ0) is 15.7. The van der Waals surface area contributed by atoms with Gasteiger partial charge in [0.05, 0.1) is 18.1 Å². The summed E-state index contributed by atoms with van der Waals surface area (Å²) in [6.45, 7) is 2.56. The number of ether oxygens (including phenoxy) is 1. The SMILES string of the molecule is O=C1CN(c2c(O)ccc(CN3CCOCC3)c2F)[N+](=O)N1. The molecule has 0 radical (unpaired) electrons. The van der Waals surface area contributed by atoms with E-state index in [1.54, 1.807) is 0 Å². The number of hydrogen-bond acceptors (Lipinski definition) is 5. The molecule has 0 spiro atoms. The summed E-state index contributed by atoms with van der Waals surface area (Å²) in [6, 6.07) is 2.80. The molecule has 0 bridgehead atoms. The lowest BCUT2D eigenvalue weighted by Gasteiger charge is -2.27. The first-order chi connectivity index (χ1) is 10.6. The summed E-state index contributed by atoms with van der Waals surface area (Å²) in [4.78, 5) is 25.0. The first kappa shape index (κ1) is 14.7. The minimum atomic E-state index is -0.705. The zero-order valence-corrected chi connectivity index (χ0v) is 11.8. The number of amides is 1. The van der Waals surface area contributed by atoms with Crippen molar-refractivity contribution in [2.75, 3.05) is 37.9 Å². The number of rotatable bonds is 3. The van der Waals surface area contributed by atoms with E-state index in [-0.39, 0.29) is 23.0 Å². The molecule has 8 nitrogen and oxygen atoms in total. The van der Waals surface area contributed by atoms with Crippen molar-refractivity contribution >= 4 is 11.6 Å². The van der Waals surface area contributed by atoms with Crippen molar-refractivity contribution in [2.24, 2.45) is 0 Å². The third-order valence-corrected chi connectivity index (χ3v) is 3.66. The maximum Gasteiger partial charge on any atom is 0.307 e. The number of carbonyl (C=O) groups excluding carboxylic acids is 1. The molecule has 2 saturated heterocycles. The summed E-state index contributed by atoms with van der Waals surface area (Å²) in [6.07, 6.45) is 0. The second-order valence-corrected chi connectivity index (χ2v) is 5.16. The van der Waals surface area contributed by atoms with Gasteiger partial charge in [0.15, 0.2) is 18.0 Å². The van der Waals surface area contributed by atoms with E-state index in [4.69, 9.17) is 4.74 Å².